The fourth-order valence-corrected chi connectivity index (χ4v) is 3.47. The van der Waals surface area contributed by atoms with Crippen molar-refractivity contribution in [3.8, 4) is 0 Å². The standard InChI is InChI=1S/C16H24N2/c1-12-5-6-13(2)16(10-12)17-14-7-9-18-8-3-4-15(18)11-14/h5-6,10,14-15,17H,3-4,7-9,11H2,1-2H3. The first kappa shape index (κ1) is 12.0. The number of piperidine rings is 1. The van der Waals surface area contributed by atoms with Crippen molar-refractivity contribution in [3.63, 3.8) is 0 Å². The highest BCUT2D eigenvalue weighted by molar-refractivity contribution is 5.53. The lowest BCUT2D eigenvalue weighted by molar-refractivity contribution is 0.188. The molecule has 0 saturated carbocycles. The summed E-state index contributed by atoms with van der Waals surface area (Å²) in [5.74, 6) is 0. The quantitative estimate of drug-likeness (QED) is 0.858. The summed E-state index contributed by atoms with van der Waals surface area (Å²) < 4.78 is 0. The van der Waals surface area contributed by atoms with Gasteiger partial charge in [0.25, 0.3) is 0 Å². The predicted molar refractivity (Wildman–Crippen MR) is 77.2 cm³/mol. The average molecular weight is 244 g/mol. The van der Waals surface area contributed by atoms with E-state index in [-0.39, 0.29) is 0 Å². The van der Waals surface area contributed by atoms with E-state index in [1.165, 1.54) is 55.6 Å². The van der Waals surface area contributed by atoms with E-state index in [1.54, 1.807) is 0 Å². The Labute approximate surface area is 110 Å². The van der Waals surface area contributed by atoms with Gasteiger partial charge in [0, 0.05) is 24.3 Å². The Morgan fingerprint density at radius 3 is 2.94 bits per heavy atom. The van der Waals surface area contributed by atoms with Crippen LogP contribution in [0, 0.1) is 13.8 Å². The molecule has 0 bridgehead atoms. The number of hydrogen-bond acceptors (Lipinski definition) is 2. The molecule has 2 nitrogen and oxygen atoms in total. The first-order valence-electron chi connectivity index (χ1n) is 7.30. The summed E-state index contributed by atoms with van der Waals surface area (Å²) in [7, 11) is 0. The third kappa shape index (κ3) is 2.39. The first-order valence-corrected chi connectivity index (χ1v) is 7.30. The lowest BCUT2D eigenvalue weighted by atomic mass is 9.97. The zero-order valence-electron chi connectivity index (χ0n) is 11.6. The Morgan fingerprint density at radius 2 is 2.06 bits per heavy atom. The van der Waals surface area contributed by atoms with E-state index in [4.69, 9.17) is 0 Å². The Balaban J connectivity index is 1.67. The Kier molecular flexibility index (Phi) is 3.29. The lowest BCUT2D eigenvalue weighted by Crippen LogP contribution is -2.42. The Morgan fingerprint density at radius 1 is 1.17 bits per heavy atom. The minimum absolute atomic E-state index is 0.671. The zero-order chi connectivity index (χ0) is 12.5. The molecule has 2 fully saturated rings. The van der Waals surface area contributed by atoms with Crippen molar-refractivity contribution >= 4 is 5.69 Å². The predicted octanol–water partition coefficient (Wildman–Crippen LogP) is 3.34. The van der Waals surface area contributed by atoms with Crippen LogP contribution in [0.1, 0.15) is 36.8 Å². The molecule has 0 amide bonds. The summed E-state index contributed by atoms with van der Waals surface area (Å²) in [6.07, 6.45) is 5.43. The molecule has 2 saturated heterocycles. The van der Waals surface area contributed by atoms with Gasteiger partial charge in [-0.25, -0.2) is 0 Å². The van der Waals surface area contributed by atoms with Gasteiger partial charge < -0.3 is 10.2 Å². The van der Waals surface area contributed by atoms with Crippen LogP contribution in [0.15, 0.2) is 18.2 Å². The molecule has 2 heteroatoms. The Bertz CT molecular complexity index is 427. The number of anilines is 1. The van der Waals surface area contributed by atoms with Crippen molar-refractivity contribution in [2.24, 2.45) is 0 Å². The molecular weight excluding hydrogens is 220 g/mol. The largest absolute Gasteiger partial charge is 0.382 e. The monoisotopic (exact) mass is 244 g/mol. The van der Waals surface area contributed by atoms with Crippen molar-refractivity contribution < 1.29 is 0 Å². The molecule has 3 rings (SSSR count). The number of fused-ring (bicyclic) bond motifs is 1. The molecule has 1 aromatic rings. The van der Waals surface area contributed by atoms with Crippen molar-refractivity contribution in [1.82, 2.24) is 4.90 Å². The summed E-state index contributed by atoms with van der Waals surface area (Å²) in [4.78, 5) is 2.68. The van der Waals surface area contributed by atoms with Gasteiger partial charge in [-0.15, -0.1) is 0 Å². The molecule has 2 aliphatic rings. The van der Waals surface area contributed by atoms with Crippen molar-refractivity contribution in [2.45, 2.75) is 51.6 Å². The third-order valence-electron chi connectivity index (χ3n) is 4.57. The maximum absolute atomic E-state index is 3.78. The van der Waals surface area contributed by atoms with Gasteiger partial charge in [0.05, 0.1) is 0 Å². The number of hydrogen-bond donors (Lipinski definition) is 1. The van der Waals surface area contributed by atoms with Crippen LogP contribution >= 0.6 is 0 Å². The van der Waals surface area contributed by atoms with Gasteiger partial charge in [0.2, 0.25) is 0 Å². The molecule has 0 aromatic heterocycles. The van der Waals surface area contributed by atoms with Gasteiger partial charge in [-0.3, -0.25) is 0 Å². The molecule has 0 radical (unpaired) electrons. The zero-order valence-corrected chi connectivity index (χ0v) is 11.6. The number of benzene rings is 1. The molecule has 1 aromatic carbocycles. The molecule has 2 aliphatic heterocycles. The molecule has 2 unspecified atom stereocenters. The van der Waals surface area contributed by atoms with Gasteiger partial charge in [0.15, 0.2) is 0 Å². The fourth-order valence-electron chi connectivity index (χ4n) is 3.47. The highest BCUT2D eigenvalue weighted by atomic mass is 15.2. The van der Waals surface area contributed by atoms with E-state index in [2.05, 4.69) is 42.3 Å². The van der Waals surface area contributed by atoms with E-state index in [9.17, 15) is 0 Å². The van der Waals surface area contributed by atoms with Crippen LogP contribution < -0.4 is 5.32 Å². The van der Waals surface area contributed by atoms with E-state index in [1.807, 2.05) is 0 Å². The highest BCUT2D eigenvalue weighted by Crippen LogP contribution is 2.29. The number of nitrogens with zero attached hydrogens (tertiary/aromatic N) is 1. The summed E-state index contributed by atoms with van der Waals surface area (Å²) in [5, 5.41) is 3.78. The topological polar surface area (TPSA) is 15.3 Å². The molecule has 0 aliphatic carbocycles. The van der Waals surface area contributed by atoms with Crippen LogP contribution in [0.25, 0.3) is 0 Å². The van der Waals surface area contributed by atoms with Crippen LogP contribution in [0.3, 0.4) is 0 Å². The van der Waals surface area contributed by atoms with E-state index in [0.717, 1.165) is 6.04 Å². The van der Waals surface area contributed by atoms with Crippen LogP contribution in [0.5, 0.6) is 0 Å². The minimum atomic E-state index is 0.671. The second-order valence-electron chi connectivity index (χ2n) is 6.02. The molecule has 2 heterocycles. The van der Waals surface area contributed by atoms with E-state index in [0.29, 0.717) is 6.04 Å². The number of aryl methyl sites for hydroxylation is 2. The van der Waals surface area contributed by atoms with Gasteiger partial charge in [-0.2, -0.15) is 0 Å². The second-order valence-corrected chi connectivity index (χ2v) is 6.02. The minimum Gasteiger partial charge on any atom is -0.382 e. The highest BCUT2D eigenvalue weighted by Gasteiger charge is 2.31. The van der Waals surface area contributed by atoms with Crippen LogP contribution in [-0.2, 0) is 0 Å². The van der Waals surface area contributed by atoms with Gasteiger partial charge in [0.1, 0.15) is 0 Å². The summed E-state index contributed by atoms with van der Waals surface area (Å²) in [5.41, 5.74) is 4.06. The third-order valence-corrected chi connectivity index (χ3v) is 4.57. The summed E-state index contributed by atoms with van der Waals surface area (Å²) in [6, 6.07) is 8.23. The second kappa shape index (κ2) is 4.93. The van der Waals surface area contributed by atoms with Crippen molar-refractivity contribution in [1.29, 1.82) is 0 Å². The number of nitrogens with one attached hydrogen (secondary N) is 1. The first-order chi connectivity index (χ1) is 8.72. The van der Waals surface area contributed by atoms with Crippen LogP contribution in [-0.4, -0.2) is 30.1 Å². The fraction of sp³-hybridized carbons (Fsp3) is 0.625. The number of rotatable bonds is 2. The SMILES string of the molecule is Cc1ccc(C)c(NC2CCN3CCCC3C2)c1. The molecular formula is C16H24N2. The molecule has 0 spiro atoms. The molecule has 1 N–H and O–H groups in total. The Hall–Kier alpha value is -1.02. The van der Waals surface area contributed by atoms with Crippen LogP contribution in [0.4, 0.5) is 5.69 Å². The van der Waals surface area contributed by atoms with Gasteiger partial charge >= 0.3 is 0 Å². The lowest BCUT2D eigenvalue weighted by Gasteiger charge is -2.35. The van der Waals surface area contributed by atoms with Gasteiger partial charge in [-0.1, -0.05) is 12.1 Å². The van der Waals surface area contributed by atoms with E-state index >= 15 is 0 Å². The molecule has 2 atom stereocenters. The molecule has 18 heavy (non-hydrogen) atoms. The molecule has 98 valence electrons. The van der Waals surface area contributed by atoms with Gasteiger partial charge in [-0.05, 0) is 63.3 Å². The average Bonchev–Trinajstić information content (AvgIpc) is 2.81. The maximum atomic E-state index is 3.78. The van der Waals surface area contributed by atoms with Crippen LogP contribution in [0.2, 0.25) is 0 Å². The normalized spacial score (nSPS) is 28.1. The maximum Gasteiger partial charge on any atom is 0.0374 e. The van der Waals surface area contributed by atoms with E-state index < -0.39 is 0 Å². The smallest absolute Gasteiger partial charge is 0.0374 e. The van der Waals surface area contributed by atoms with Crippen molar-refractivity contribution in [2.75, 3.05) is 18.4 Å². The summed E-state index contributed by atoms with van der Waals surface area (Å²) in [6.45, 7) is 6.99. The van der Waals surface area contributed by atoms with Crippen molar-refractivity contribution in [3.05, 3.63) is 29.3 Å². The summed E-state index contributed by atoms with van der Waals surface area (Å²) >= 11 is 0.